The van der Waals surface area contributed by atoms with E-state index in [-0.39, 0.29) is 6.10 Å². The van der Waals surface area contributed by atoms with Crippen molar-refractivity contribution in [3.05, 3.63) is 0 Å². The fourth-order valence-electron chi connectivity index (χ4n) is 1.41. The van der Waals surface area contributed by atoms with Gasteiger partial charge in [0.2, 0.25) is 0 Å². The van der Waals surface area contributed by atoms with Gasteiger partial charge in [0.25, 0.3) is 0 Å². The molecule has 1 saturated heterocycles. The van der Waals surface area contributed by atoms with Crippen molar-refractivity contribution in [1.82, 2.24) is 10.2 Å². The second kappa shape index (κ2) is 4.70. The van der Waals surface area contributed by atoms with Crippen molar-refractivity contribution in [3.63, 3.8) is 0 Å². The third-order valence-electron chi connectivity index (χ3n) is 2.24. The average molecular weight is 158 g/mol. The molecule has 66 valence electrons. The topological polar surface area (TPSA) is 35.5 Å². The van der Waals surface area contributed by atoms with E-state index in [4.69, 9.17) is 0 Å². The molecule has 1 aliphatic heterocycles. The minimum atomic E-state index is -0.0409. The van der Waals surface area contributed by atoms with E-state index in [1.165, 1.54) is 0 Å². The second-order valence-electron chi connectivity index (χ2n) is 3.18. The van der Waals surface area contributed by atoms with E-state index in [0.29, 0.717) is 0 Å². The Hall–Kier alpha value is -0.120. The lowest BCUT2D eigenvalue weighted by molar-refractivity contribution is 0.0833. The highest BCUT2D eigenvalue weighted by Crippen LogP contribution is 2.08. The van der Waals surface area contributed by atoms with Crippen molar-refractivity contribution < 1.29 is 5.11 Å². The molecule has 3 nitrogen and oxygen atoms in total. The molecule has 0 aromatic rings. The molecule has 0 amide bonds. The van der Waals surface area contributed by atoms with Crippen LogP contribution in [-0.2, 0) is 0 Å². The summed E-state index contributed by atoms with van der Waals surface area (Å²) in [5.74, 6) is 0. The summed E-state index contributed by atoms with van der Waals surface area (Å²) < 4.78 is 0. The van der Waals surface area contributed by atoms with E-state index in [2.05, 4.69) is 10.2 Å². The zero-order chi connectivity index (χ0) is 8.10. The van der Waals surface area contributed by atoms with E-state index >= 15 is 0 Å². The smallest absolute Gasteiger partial charge is 0.0564 e. The third kappa shape index (κ3) is 3.18. The Morgan fingerprint density at radius 3 is 2.64 bits per heavy atom. The highest BCUT2D eigenvalue weighted by atomic mass is 16.3. The van der Waals surface area contributed by atoms with E-state index < -0.39 is 0 Å². The Bertz CT molecular complexity index is 97.5. The minimum Gasteiger partial charge on any atom is -0.393 e. The standard InChI is InChI=1S/C8H18N2O/c1-9-4-7-10-5-2-8(11)3-6-10/h8-9,11H,2-7H2,1H3. The Morgan fingerprint density at radius 1 is 1.45 bits per heavy atom. The number of likely N-dealkylation sites (tertiary alicyclic amines) is 1. The van der Waals surface area contributed by atoms with Crippen molar-refractivity contribution >= 4 is 0 Å². The molecule has 3 heteroatoms. The van der Waals surface area contributed by atoms with Gasteiger partial charge in [-0.1, -0.05) is 0 Å². The molecule has 11 heavy (non-hydrogen) atoms. The van der Waals surface area contributed by atoms with Gasteiger partial charge < -0.3 is 15.3 Å². The number of hydrogen-bond donors (Lipinski definition) is 2. The molecule has 0 aromatic heterocycles. The predicted octanol–water partition coefficient (Wildman–Crippen LogP) is -0.338. The largest absolute Gasteiger partial charge is 0.393 e. The third-order valence-corrected chi connectivity index (χ3v) is 2.24. The zero-order valence-electron chi connectivity index (χ0n) is 7.21. The molecule has 0 bridgehead atoms. The molecular weight excluding hydrogens is 140 g/mol. The predicted molar refractivity (Wildman–Crippen MR) is 45.6 cm³/mol. The van der Waals surface area contributed by atoms with Gasteiger partial charge in [-0.05, 0) is 19.9 Å². The Balaban J connectivity index is 2.07. The number of aliphatic hydroxyl groups is 1. The fourth-order valence-corrected chi connectivity index (χ4v) is 1.41. The first kappa shape index (κ1) is 8.97. The maximum atomic E-state index is 9.21. The molecular formula is C8H18N2O. The number of hydrogen-bond acceptors (Lipinski definition) is 3. The molecule has 2 N–H and O–H groups in total. The summed E-state index contributed by atoms with van der Waals surface area (Å²) in [5.41, 5.74) is 0. The SMILES string of the molecule is CNCCN1CCC(O)CC1. The van der Waals surface area contributed by atoms with Crippen LogP contribution in [0.3, 0.4) is 0 Å². The van der Waals surface area contributed by atoms with Gasteiger partial charge in [-0.15, -0.1) is 0 Å². The lowest BCUT2D eigenvalue weighted by Gasteiger charge is -2.29. The van der Waals surface area contributed by atoms with Gasteiger partial charge in [-0.3, -0.25) is 0 Å². The highest BCUT2D eigenvalue weighted by Gasteiger charge is 2.15. The van der Waals surface area contributed by atoms with E-state index in [0.717, 1.165) is 39.0 Å². The number of nitrogens with zero attached hydrogens (tertiary/aromatic N) is 1. The van der Waals surface area contributed by atoms with Crippen LogP contribution in [0.5, 0.6) is 0 Å². The first-order chi connectivity index (χ1) is 5.33. The lowest BCUT2D eigenvalue weighted by Crippen LogP contribution is -2.39. The van der Waals surface area contributed by atoms with Crippen molar-refractivity contribution in [3.8, 4) is 0 Å². The Labute approximate surface area is 68.4 Å². The maximum Gasteiger partial charge on any atom is 0.0564 e. The number of likely N-dealkylation sites (N-methyl/N-ethyl adjacent to an activating group) is 1. The number of piperidine rings is 1. The van der Waals surface area contributed by atoms with Crippen LogP contribution < -0.4 is 5.32 Å². The zero-order valence-corrected chi connectivity index (χ0v) is 7.21. The van der Waals surface area contributed by atoms with Crippen molar-refractivity contribution in [2.75, 3.05) is 33.2 Å². The molecule has 0 aliphatic carbocycles. The van der Waals surface area contributed by atoms with Crippen LogP contribution in [0.4, 0.5) is 0 Å². The normalized spacial score (nSPS) is 22.4. The summed E-state index contributed by atoms with van der Waals surface area (Å²) in [6.45, 7) is 4.28. The molecule has 0 atom stereocenters. The summed E-state index contributed by atoms with van der Waals surface area (Å²) in [6, 6.07) is 0. The molecule has 1 heterocycles. The lowest BCUT2D eigenvalue weighted by atomic mass is 10.1. The van der Waals surface area contributed by atoms with Crippen LogP contribution in [0.15, 0.2) is 0 Å². The second-order valence-corrected chi connectivity index (χ2v) is 3.18. The van der Waals surface area contributed by atoms with Gasteiger partial charge in [-0.25, -0.2) is 0 Å². The molecule has 0 radical (unpaired) electrons. The van der Waals surface area contributed by atoms with Crippen LogP contribution in [0, 0.1) is 0 Å². The van der Waals surface area contributed by atoms with E-state index in [9.17, 15) is 5.11 Å². The first-order valence-electron chi connectivity index (χ1n) is 4.38. The van der Waals surface area contributed by atoms with Crippen LogP contribution in [0.25, 0.3) is 0 Å². The molecule has 0 unspecified atom stereocenters. The van der Waals surface area contributed by atoms with Gasteiger partial charge in [-0.2, -0.15) is 0 Å². The molecule has 0 spiro atoms. The molecule has 0 saturated carbocycles. The summed E-state index contributed by atoms with van der Waals surface area (Å²) in [6.07, 6.45) is 1.86. The molecule has 1 fully saturated rings. The monoisotopic (exact) mass is 158 g/mol. The van der Waals surface area contributed by atoms with Crippen LogP contribution in [0.2, 0.25) is 0 Å². The van der Waals surface area contributed by atoms with Gasteiger partial charge >= 0.3 is 0 Å². The van der Waals surface area contributed by atoms with Crippen molar-refractivity contribution in [2.45, 2.75) is 18.9 Å². The van der Waals surface area contributed by atoms with Gasteiger partial charge in [0.05, 0.1) is 6.10 Å². The number of aliphatic hydroxyl groups excluding tert-OH is 1. The van der Waals surface area contributed by atoms with E-state index in [1.807, 2.05) is 7.05 Å². The average Bonchev–Trinajstić information content (AvgIpc) is 2.04. The summed E-state index contributed by atoms with van der Waals surface area (Å²) >= 11 is 0. The number of rotatable bonds is 3. The van der Waals surface area contributed by atoms with E-state index in [1.54, 1.807) is 0 Å². The summed E-state index contributed by atoms with van der Waals surface area (Å²) in [5, 5.41) is 12.3. The van der Waals surface area contributed by atoms with Crippen LogP contribution >= 0.6 is 0 Å². The Kier molecular flexibility index (Phi) is 3.83. The van der Waals surface area contributed by atoms with Crippen LogP contribution in [0.1, 0.15) is 12.8 Å². The number of nitrogens with one attached hydrogen (secondary N) is 1. The molecule has 1 rings (SSSR count). The van der Waals surface area contributed by atoms with Crippen LogP contribution in [-0.4, -0.2) is 49.3 Å². The highest BCUT2D eigenvalue weighted by molar-refractivity contribution is 4.70. The van der Waals surface area contributed by atoms with Crippen molar-refractivity contribution in [2.24, 2.45) is 0 Å². The summed E-state index contributed by atoms with van der Waals surface area (Å²) in [7, 11) is 1.97. The quantitative estimate of drug-likeness (QED) is 0.590. The minimum absolute atomic E-state index is 0.0409. The molecule has 1 aliphatic rings. The van der Waals surface area contributed by atoms with Gasteiger partial charge in [0.15, 0.2) is 0 Å². The fraction of sp³-hybridized carbons (Fsp3) is 1.00. The maximum absolute atomic E-state index is 9.21. The van der Waals surface area contributed by atoms with Gasteiger partial charge in [0, 0.05) is 26.2 Å². The Morgan fingerprint density at radius 2 is 2.09 bits per heavy atom. The van der Waals surface area contributed by atoms with Gasteiger partial charge in [0.1, 0.15) is 0 Å². The summed E-state index contributed by atoms with van der Waals surface area (Å²) in [4.78, 5) is 2.39. The molecule has 0 aromatic carbocycles. The van der Waals surface area contributed by atoms with Crippen molar-refractivity contribution in [1.29, 1.82) is 0 Å². The first-order valence-corrected chi connectivity index (χ1v) is 4.38.